The van der Waals surface area contributed by atoms with Crippen LogP contribution in [0.2, 0.25) is 0 Å². The van der Waals surface area contributed by atoms with E-state index in [1.807, 2.05) is 6.07 Å². The van der Waals surface area contributed by atoms with Gasteiger partial charge in [0.2, 0.25) is 0 Å². The highest BCUT2D eigenvalue weighted by Gasteiger charge is 2.27. The van der Waals surface area contributed by atoms with Crippen molar-refractivity contribution in [3.63, 3.8) is 0 Å². The second-order valence-electron chi connectivity index (χ2n) is 9.93. The number of aryl methyl sites for hydroxylation is 1. The number of fused-ring (bicyclic) bond motifs is 1. The molecule has 192 valence electrons. The minimum absolute atomic E-state index is 0.0911. The van der Waals surface area contributed by atoms with Crippen molar-refractivity contribution >= 4 is 22.2 Å². The van der Waals surface area contributed by atoms with Gasteiger partial charge in [0.15, 0.2) is 16.6 Å². The first-order valence-electron chi connectivity index (χ1n) is 13.1. The lowest BCUT2D eigenvalue weighted by Gasteiger charge is -2.39. The number of nitrogens with zero attached hydrogens (tertiary/aromatic N) is 4. The molecule has 8 heteroatoms. The Morgan fingerprint density at radius 1 is 1.00 bits per heavy atom. The molecule has 1 atom stereocenters. The molecular formula is C28H37N5O2S. The van der Waals surface area contributed by atoms with Gasteiger partial charge in [-0.3, -0.25) is 9.80 Å². The molecule has 36 heavy (non-hydrogen) atoms. The number of thiazole rings is 1. The van der Waals surface area contributed by atoms with Crippen molar-refractivity contribution < 1.29 is 10.2 Å². The summed E-state index contributed by atoms with van der Waals surface area (Å²) in [5, 5.41) is 20.1. The average Bonchev–Trinajstić information content (AvgIpc) is 3.28. The number of nitrogens with two attached hydrogens (primary N) is 1. The maximum absolute atomic E-state index is 9.79. The van der Waals surface area contributed by atoms with Gasteiger partial charge in [0.25, 0.3) is 0 Å². The van der Waals surface area contributed by atoms with E-state index < -0.39 is 0 Å². The van der Waals surface area contributed by atoms with E-state index in [-0.39, 0.29) is 11.5 Å². The first-order valence-corrected chi connectivity index (χ1v) is 13.9. The van der Waals surface area contributed by atoms with Crippen molar-refractivity contribution in [2.45, 2.75) is 38.6 Å². The lowest BCUT2D eigenvalue weighted by Crippen LogP contribution is -2.50. The Morgan fingerprint density at radius 2 is 1.75 bits per heavy atom. The number of nitrogen functional groups attached to an aromatic ring is 1. The van der Waals surface area contributed by atoms with Gasteiger partial charge in [0.1, 0.15) is 0 Å². The van der Waals surface area contributed by atoms with E-state index in [9.17, 15) is 10.2 Å². The minimum Gasteiger partial charge on any atom is -0.504 e. The van der Waals surface area contributed by atoms with Gasteiger partial charge in [-0.1, -0.05) is 25.1 Å². The molecule has 1 saturated heterocycles. The summed E-state index contributed by atoms with van der Waals surface area (Å²) in [7, 11) is 0. The van der Waals surface area contributed by atoms with Crippen molar-refractivity contribution in [3.05, 3.63) is 53.0 Å². The summed E-state index contributed by atoms with van der Waals surface area (Å²) in [4.78, 5) is 13.7. The summed E-state index contributed by atoms with van der Waals surface area (Å²) in [6.45, 7) is 9.88. The second-order valence-corrected chi connectivity index (χ2v) is 11.0. The Morgan fingerprint density at radius 3 is 2.47 bits per heavy atom. The standard InChI is InChI=1S/C28H37N5O2S/c1-2-11-32(23-8-9-24-27(19-23)36-28(29)30-24)15-12-31-13-16-33(17-14-31)22-6-3-20(4-7-22)21-5-10-25(34)26(35)18-21/h3-7,10,18,23,34-35H,2,8-9,11-17,19H2,1H3,(H2,29,30)/t23-/m1/s1. The Hall–Kier alpha value is -2.81. The fourth-order valence-electron chi connectivity index (χ4n) is 5.52. The van der Waals surface area contributed by atoms with E-state index in [1.54, 1.807) is 17.4 Å². The highest BCUT2D eigenvalue weighted by Crippen LogP contribution is 2.32. The van der Waals surface area contributed by atoms with Crippen LogP contribution in [0.15, 0.2) is 42.5 Å². The molecule has 2 aliphatic rings. The highest BCUT2D eigenvalue weighted by atomic mass is 32.1. The molecule has 2 aromatic carbocycles. The average molecular weight is 508 g/mol. The summed E-state index contributed by atoms with van der Waals surface area (Å²) >= 11 is 1.68. The predicted octanol–water partition coefficient (Wildman–Crippen LogP) is 4.20. The Kier molecular flexibility index (Phi) is 7.65. The molecule has 1 aliphatic heterocycles. The van der Waals surface area contributed by atoms with E-state index >= 15 is 0 Å². The molecule has 0 bridgehead atoms. The van der Waals surface area contributed by atoms with Crippen molar-refractivity contribution in [1.29, 1.82) is 0 Å². The van der Waals surface area contributed by atoms with Crippen LogP contribution in [0.25, 0.3) is 11.1 Å². The quantitative estimate of drug-likeness (QED) is 0.394. The first-order chi connectivity index (χ1) is 17.5. The highest BCUT2D eigenvalue weighted by molar-refractivity contribution is 7.15. The molecule has 7 nitrogen and oxygen atoms in total. The number of piperazine rings is 1. The summed E-state index contributed by atoms with van der Waals surface area (Å²) in [6, 6.07) is 14.0. The fourth-order valence-corrected chi connectivity index (χ4v) is 6.47. The zero-order valence-corrected chi connectivity index (χ0v) is 21.9. The number of anilines is 2. The summed E-state index contributed by atoms with van der Waals surface area (Å²) in [6.07, 6.45) is 4.52. The molecule has 5 rings (SSSR count). The number of hydrogen-bond donors (Lipinski definition) is 3. The lowest BCUT2D eigenvalue weighted by molar-refractivity contribution is 0.146. The summed E-state index contributed by atoms with van der Waals surface area (Å²) in [5.41, 5.74) is 10.3. The van der Waals surface area contributed by atoms with Gasteiger partial charge in [0.05, 0.1) is 5.69 Å². The fraction of sp³-hybridized carbons (Fsp3) is 0.464. The van der Waals surface area contributed by atoms with Crippen molar-refractivity contribution in [2.24, 2.45) is 0 Å². The van der Waals surface area contributed by atoms with Crippen molar-refractivity contribution in [1.82, 2.24) is 14.8 Å². The summed E-state index contributed by atoms with van der Waals surface area (Å²) in [5.74, 6) is -0.185. The van der Waals surface area contributed by atoms with Gasteiger partial charge in [-0.2, -0.15) is 0 Å². The molecule has 0 unspecified atom stereocenters. The zero-order chi connectivity index (χ0) is 25.1. The smallest absolute Gasteiger partial charge is 0.180 e. The number of aromatic nitrogens is 1. The number of hydrogen-bond acceptors (Lipinski definition) is 8. The van der Waals surface area contributed by atoms with E-state index in [2.05, 4.69) is 50.9 Å². The monoisotopic (exact) mass is 507 g/mol. The maximum atomic E-state index is 9.79. The van der Waals surface area contributed by atoms with Crippen molar-refractivity contribution in [2.75, 3.05) is 56.4 Å². The van der Waals surface area contributed by atoms with Crippen LogP contribution in [0.4, 0.5) is 10.8 Å². The van der Waals surface area contributed by atoms with Crippen LogP contribution < -0.4 is 10.6 Å². The number of phenols is 2. The zero-order valence-electron chi connectivity index (χ0n) is 21.1. The van der Waals surface area contributed by atoms with Crippen LogP contribution in [-0.2, 0) is 12.8 Å². The van der Waals surface area contributed by atoms with Crippen LogP contribution >= 0.6 is 11.3 Å². The molecule has 1 aliphatic carbocycles. The number of benzene rings is 2. The van der Waals surface area contributed by atoms with E-state index in [0.717, 1.165) is 74.9 Å². The minimum atomic E-state index is -0.0936. The van der Waals surface area contributed by atoms with E-state index in [1.165, 1.54) is 35.2 Å². The topological polar surface area (TPSA) is 89.1 Å². The van der Waals surface area contributed by atoms with Crippen LogP contribution in [0.5, 0.6) is 11.5 Å². The van der Waals surface area contributed by atoms with Crippen molar-refractivity contribution in [3.8, 4) is 22.6 Å². The van der Waals surface area contributed by atoms with Crippen LogP contribution in [0.1, 0.15) is 30.3 Å². The lowest BCUT2D eigenvalue weighted by atomic mass is 9.96. The largest absolute Gasteiger partial charge is 0.504 e. The normalized spacial score (nSPS) is 18.5. The molecule has 2 heterocycles. The maximum Gasteiger partial charge on any atom is 0.180 e. The number of phenolic OH excluding ortho intramolecular Hbond substituents is 2. The summed E-state index contributed by atoms with van der Waals surface area (Å²) < 4.78 is 0. The predicted molar refractivity (Wildman–Crippen MR) is 148 cm³/mol. The third-order valence-electron chi connectivity index (χ3n) is 7.57. The molecule has 3 aromatic rings. The van der Waals surface area contributed by atoms with Crippen LogP contribution in [0, 0.1) is 0 Å². The molecule has 0 spiro atoms. The number of rotatable bonds is 8. The third-order valence-corrected chi connectivity index (χ3v) is 8.52. The SMILES string of the molecule is CCCN(CCN1CCN(c2ccc(-c3ccc(O)c(O)c3)cc2)CC1)[C@@H]1CCc2nc(N)sc2C1. The van der Waals surface area contributed by atoms with E-state index in [4.69, 9.17) is 5.73 Å². The third kappa shape index (κ3) is 5.61. The van der Waals surface area contributed by atoms with Crippen LogP contribution in [0.3, 0.4) is 0 Å². The van der Waals surface area contributed by atoms with E-state index in [0.29, 0.717) is 6.04 Å². The van der Waals surface area contributed by atoms with Gasteiger partial charge < -0.3 is 20.8 Å². The first kappa shape index (κ1) is 24.9. The Balaban J connectivity index is 1.12. The Labute approximate surface area is 217 Å². The van der Waals surface area contributed by atoms with Gasteiger partial charge in [-0.15, -0.1) is 11.3 Å². The Bertz CT molecular complexity index is 1160. The van der Waals surface area contributed by atoms with Gasteiger partial charge in [0, 0.05) is 55.9 Å². The molecule has 1 fully saturated rings. The molecule has 0 amide bonds. The molecule has 0 radical (unpaired) electrons. The van der Waals surface area contributed by atoms with Crippen LogP contribution in [-0.4, -0.2) is 76.9 Å². The molecule has 1 aromatic heterocycles. The molecule has 4 N–H and O–H groups in total. The second kappa shape index (κ2) is 11.1. The van der Waals surface area contributed by atoms with Gasteiger partial charge in [-0.05, 0) is 67.6 Å². The van der Waals surface area contributed by atoms with Gasteiger partial charge in [-0.25, -0.2) is 4.98 Å². The molecule has 0 saturated carbocycles. The number of aromatic hydroxyl groups is 2. The van der Waals surface area contributed by atoms with Gasteiger partial charge >= 0.3 is 0 Å². The molecular weight excluding hydrogens is 470 g/mol.